The molecule has 7 heteroatoms. The molecule has 0 aliphatic rings. The Morgan fingerprint density at radius 2 is 1.83 bits per heavy atom. The fraction of sp³-hybridized carbons (Fsp3) is 0.0909. The number of nitrogens with zero attached hydrogens (tertiary/aromatic N) is 1. The number of amides is 1. The third-order valence-electron chi connectivity index (χ3n) is 3.93. The summed E-state index contributed by atoms with van der Waals surface area (Å²) in [5.74, 6) is 0.700. The van der Waals surface area contributed by atoms with Gasteiger partial charge in [0.05, 0.1) is 19.9 Å². The number of aromatic nitrogens is 1. The third-order valence-corrected chi connectivity index (χ3v) is 4.69. The first kappa shape index (κ1) is 20.3. The second kappa shape index (κ2) is 9.66. The molecule has 0 atom stereocenters. The van der Waals surface area contributed by atoms with Crippen LogP contribution in [0.25, 0.3) is 17.3 Å². The number of methoxy groups -OCH3 is 2. The average Bonchev–Trinajstić information content (AvgIpc) is 3.19. The van der Waals surface area contributed by atoms with Gasteiger partial charge in [0, 0.05) is 17.0 Å². The van der Waals surface area contributed by atoms with Gasteiger partial charge in [0.25, 0.3) is 0 Å². The lowest BCUT2D eigenvalue weighted by Crippen LogP contribution is -2.07. The van der Waals surface area contributed by atoms with Crippen LogP contribution in [0.2, 0.25) is 0 Å². The number of carbonyl (C=O) groups excluding carboxylic acids is 1. The molecule has 0 unspecified atom stereocenters. The number of ether oxygens (including phenoxy) is 2. The van der Waals surface area contributed by atoms with E-state index in [0.29, 0.717) is 22.3 Å². The molecule has 5 nitrogen and oxygen atoms in total. The van der Waals surface area contributed by atoms with Gasteiger partial charge in [0.2, 0.25) is 5.91 Å². The van der Waals surface area contributed by atoms with E-state index in [2.05, 4.69) is 10.3 Å². The lowest BCUT2D eigenvalue weighted by atomic mass is 10.2. The van der Waals surface area contributed by atoms with E-state index in [-0.39, 0.29) is 11.7 Å². The van der Waals surface area contributed by atoms with Crippen molar-refractivity contribution in [2.45, 2.75) is 0 Å². The molecule has 2 aromatic carbocycles. The molecule has 0 fully saturated rings. The maximum absolute atomic E-state index is 13.0. The van der Waals surface area contributed by atoms with E-state index in [1.165, 1.54) is 29.5 Å². The second-order valence-corrected chi connectivity index (χ2v) is 6.72. The SMILES string of the molecule is COc1ccc(/C=C/C=C/C(=O)Nc2nc(-c3ccc(F)cc3)cs2)cc1OC. The summed E-state index contributed by atoms with van der Waals surface area (Å²) < 4.78 is 23.5. The summed E-state index contributed by atoms with van der Waals surface area (Å²) in [5, 5.41) is 5.00. The summed E-state index contributed by atoms with van der Waals surface area (Å²) in [6.07, 6.45) is 6.66. The Kier molecular flexibility index (Phi) is 6.76. The quantitative estimate of drug-likeness (QED) is 0.431. The Morgan fingerprint density at radius 1 is 1.07 bits per heavy atom. The predicted octanol–water partition coefficient (Wildman–Crippen LogP) is 5.17. The van der Waals surface area contributed by atoms with Crippen LogP contribution in [0.5, 0.6) is 11.5 Å². The maximum atomic E-state index is 13.0. The lowest BCUT2D eigenvalue weighted by molar-refractivity contribution is -0.111. The smallest absolute Gasteiger partial charge is 0.250 e. The van der Waals surface area contributed by atoms with Crippen LogP contribution in [0.3, 0.4) is 0 Å². The van der Waals surface area contributed by atoms with Gasteiger partial charge < -0.3 is 9.47 Å². The molecule has 0 saturated carbocycles. The van der Waals surface area contributed by atoms with Crippen molar-refractivity contribution in [2.75, 3.05) is 19.5 Å². The molecule has 29 heavy (non-hydrogen) atoms. The molecule has 0 aliphatic heterocycles. The topological polar surface area (TPSA) is 60.5 Å². The van der Waals surface area contributed by atoms with Crippen LogP contribution in [-0.4, -0.2) is 25.1 Å². The first-order valence-electron chi connectivity index (χ1n) is 8.68. The van der Waals surface area contributed by atoms with E-state index < -0.39 is 0 Å². The van der Waals surface area contributed by atoms with E-state index in [4.69, 9.17) is 9.47 Å². The molecule has 1 heterocycles. The average molecular weight is 410 g/mol. The molecule has 3 aromatic rings. The second-order valence-electron chi connectivity index (χ2n) is 5.87. The Hall–Kier alpha value is -3.45. The standard InChI is InChI=1S/C22H19FN2O3S/c1-27-19-12-7-15(13-20(19)28-2)5-3-4-6-21(26)25-22-24-18(14-29-22)16-8-10-17(23)11-9-16/h3-14H,1-2H3,(H,24,25,26)/b5-3+,6-4+. The number of allylic oxidation sites excluding steroid dienone is 2. The van der Waals surface area contributed by atoms with Gasteiger partial charge >= 0.3 is 0 Å². The first-order valence-corrected chi connectivity index (χ1v) is 9.56. The van der Waals surface area contributed by atoms with Crippen LogP contribution in [0.15, 0.2) is 66.1 Å². The van der Waals surface area contributed by atoms with Crippen LogP contribution in [0.4, 0.5) is 9.52 Å². The summed E-state index contributed by atoms with van der Waals surface area (Å²) >= 11 is 1.31. The Labute approximate surface area is 172 Å². The minimum Gasteiger partial charge on any atom is -0.493 e. The van der Waals surface area contributed by atoms with Crippen molar-refractivity contribution in [3.05, 3.63) is 77.5 Å². The van der Waals surface area contributed by atoms with Crippen molar-refractivity contribution >= 4 is 28.5 Å². The van der Waals surface area contributed by atoms with Crippen LogP contribution < -0.4 is 14.8 Å². The zero-order chi connectivity index (χ0) is 20.6. The summed E-state index contributed by atoms with van der Waals surface area (Å²) in [6.45, 7) is 0. The molecule has 0 bridgehead atoms. The van der Waals surface area contributed by atoms with Crippen molar-refractivity contribution in [3.63, 3.8) is 0 Å². The van der Waals surface area contributed by atoms with Crippen molar-refractivity contribution < 1.29 is 18.7 Å². The summed E-state index contributed by atoms with van der Waals surface area (Å²) in [4.78, 5) is 16.4. The van der Waals surface area contributed by atoms with Gasteiger partial charge in [-0.15, -0.1) is 11.3 Å². The van der Waals surface area contributed by atoms with E-state index in [1.54, 1.807) is 38.5 Å². The number of hydrogen-bond donors (Lipinski definition) is 1. The minimum absolute atomic E-state index is 0.290. The number of benzene rings is 2. The van der Waals surface area contributed by atoms with E-state index in [9.17, 15) is 9.18 Å². The number of nitrogens with one attached hydrogen (secondary N) is 1. The predicted molar refractivity (Wildman–Crippen MR) is 114 cm³/mol. The number of halogens is 1. The van der Waals surface area contributed by atoms with Crippen molar-refractivity contribution in [1.82, 2.24) is 4.98 Å². The van der Waals surface area contributed by atoms with Crippen LogP contribution in [-0.2, 0) is 4.79 Å². The van der Waals surface area contributed by atoms with Gasteiger partial charge in [-0.05, 0) is 42.0 Å². The molecule has 1 aromatic heterocycles. The van der Waals surface area contributed by atoms with Gasteiger partial charge in [-0.3, -0.25) is 10.1 Å². The monoisotopic (exact) mass is 410 g/mol. The Balaban J connectivity index is 1.57. The largest absolute Gasteiger partial charge is 0.493 e. The van der Waals surface area contributed by atoms with Gasteiger partial charge in [-0.25, -0.2) is 9.37 Å². The Morgan fingerprint density at radius 3 is 2.55 bits per heavy atom. The van der Waals surface area contributed by atoms with Gasteiger partial charge in [0.1, 0.15) is 5.82 Å². The zero-order valence-corrected chi connectivity index (χ0v) is 16.7. The summed E-state index contributed by atoms with van der Waals surface area (Å²) in [6, 6.07) is 11.6. The summed E-state index contributed by atoms with van der Waals surface area (Å²) in [7, 11) is 3.16. The highest BCUT2D eigenvalue weighted by atomic mass is 32.1. The van der Waals surface area contributed by atoms with E-state index >= 15 is 0 Å². The molecule has 1 amide bonds. The number of anilines is 1. The third kappa shape index (κ3) is 5.52. The zero-order valence-electron chi connectivity index (χ0n) is 15.9. The normalized spacial score (nSPS) is 11.1. The number of carbonyl (C=O) groups is 1. The number of thiazole rings is 1. The van der Waals surface area contributed by atoms with E-state index in [1.807, 2.05) is 29.7 Å². The molecule has 0 spiro atoms. The van der Waals surface area contributed by atoms with E-state index in [0.717, 1.165) is 11.1 Å². The molecular formula is C22H19FN2O3S. The van der Waals surface area contributed by atoms with Crippen molar-refractivity contribution in [2.24, 2.45) is 0 Å². The van der Waals surface area contributed by atoms with Crippen LogP contribution in [0, 0.1) is 5.82 Å². The highest BCUT2D eigenvalue weighted by molar-refractivity contribution is 7.14. The highest BCUT2D eigenvalue weighted by Crippen LogP contribution is 2.28. The summed E-state index contributed by atoms with van der Waals surface area (Å²) in [5.41, 5.74) is 2.38. The number of rotatable bonds is 7. The molecule has 3 rings (SSSR count). The lowest BCUT2D eigenvalue weighted by Gasteiger charge is -2.07. The van der Waals surface area contributed by atoms with Crippen molar-refractivity contribution in [1.29, 1.82) is 0 Å². The molecule has 0 aliphatic carbocycles. The Bertz CT molecular complexity index is 1040. The molecule has 0 saturated heterocycles. The highest BCUT2D eigenvalue weighted by Gasteiger charge is 2.06. The minimum atomic E-state index is -0.302. The molecule has 1 N–H and O–H groups in total. The van der Waals surface area contributed by atoms with Crippen LogP contribution in [0.1, 0.15) is 5.56 Å². The fourth-order valence-electron chi connectivity index (χ4n) is 2.50. The number of hydrogen-bond acceptors (Lipinski definition) is 5. The molecular weight excluding hydrogens is 391 g/mol. The van der Waals surface area contributed by atoms with Gasteiger partial charge in [-0.2, -0.15) is 0 Å². The molecule has 0 radical (unpaired) electrons. The van der Waals surface area contributed by atoms with Gasteiger partial charge in [-0.1, -0.05) is 24.3 Å². The van der Waals surface area contributed by atoms with Gasteiger partial charge in [0.15, 0.2) is 16.6 Å². The first-order chi connectivity index (χ1) is 14.1. The van der Waals surface area contributed by atoms with Crippen molar-refractivity contribution in [3.8, 4) is 22.8 Å². The van der Waals surface area contributed by atoms with Crippen LogP contribution >= 0.6 is 11.3 Å². The fourth-order valence-corrected chi connectivity index (χ4v) is 3.22. The maximum Gasteiger partial charge on any atom is 0.250 e. The molecule has 148 valence electrons.